The van der Waals surface area contributed by atoms with Crippen LogP contribution in [0.1, 0.15) is 24.4 Å². The average molecular weight is 231 g/mol. The summed E-state index contributed by atoms with van der Waals surface area (Å²) in [5.74, 6) is 1.64. The van der Waals surface area contributed by atoms with Crippen LogP contribution in [0.2, 0.25) is 0 Å². The first-order valence-electron chi connectivity index (χ1n) is 5.83. The molecule has 0 aliphatic rings. The Morgan fingerprint density at radius 3 is 2.71 bits per heavy atom. The van der Waals surface area contributed by atoms with Crippen LogP contribution in [0.5, 0.6) is 5.75 Å². The van der Waals surface area contributed by atoms with E-state index in [0.29, 0.717) is 6.54 Å². The molecule has 3 heteroatoms. The second-order valence-corrected chi connectivity index (χ2v) is 3.82. The van der Waals surface area contributed by atoms with Crippen molar-refractivity contribution in [3.05, 3.63) is 54.0 Å². The molecule has 1 unspecified atom stereocenters. The van der Waals surface area contributed by atoms with E-state index < -0.39 is 0 Å². The Kier molecular flexibility index (Phi) is 3.83. The van der Waals surface area contributed by atoms with Gasteiger partial charge in [-0.2, -0.15) is 0 Å². The van der Waals surface area contributed by atoms with Crippen molar-refractivity contribution >= 4 is 0 Å². The highest BCUT2D eigenvalue weighted by Crippen LogP contribution is 2.25. The lowest BCUT2D eigenvalue weighted by Crippen LogP contribution is -2.18. The maximum Gasteiger partial charge on any atom is 0.168 e. The second kappa shape index (κ2) is 5.55. The Balaban J connectivity index is 2.18. The second-order valence-electron chi connectivity index (χ2n) is 3.82. The van der Waals surface area contributed by atoms with E-state index in [4.69, 9.17) is 14.9 Å². The molecule has 0 aliphatic carbocycles. The number of hydrogen-bond acceptors (Lipinski definition) is 3. The summed E-state index contributed by atoms with van der Waals surface area (Å²) in [6.07, 6.45) is 2.34. The minimum absolute atomic E-state index is 0.224. The monoisotopic (exact) mass is 231 g/mol. The van der Waals surface area contributed by atoms with E-state index in [1.807, 2.05) is 30.3 Å². The van der Waals surface area contributed by atoms with Gasteiger partial charge in [-0.25, -0.2) is 0 Å². The summed E-state index contributed by atoms with van der Waals surface area (Å²) in [5, 5.41) is 0. The Morgan fingerprint density at radius 1 is 1.24 bits per heavy atom. The first-order chi connectivity index (χ1) is 8.35. The minimum Gasteiger partial charge on any atom is -0.481 e. The van der Waals surface area contributed by atoms with Crippen molar-refractivity contribution in [2.24, 2.45) is 5.73 Å². The van der Waals surface area contributed by atoms with Gasteiger partial charge in [-0.1, -0.05) is 25.1 Å². The molecule has 3 nitrogen and oxygen atoms in total. The van der Waals surface area contributed by atoms with Crippen LogP contribution in [0.25, 0.3) is 0 Å². The number of furan rings is 1. The predicted molar refractivity (Wildman–Crippen MR) is 67.0 cm³/mol. The average Bonchev–Trinajstić information content (AvgIpc) is 2.90. The molecular formula is C14H17NO2. The zero-order valence-electron chi connectivity index (χ0n) is 9.93. The Labute approximate surface area is 101 Å². The molecule has 90 valence electrons. The summed E-state index contributed by atoms with van der Waals surface area (Å²) in [5.41, 5.74) is 6.90. The summed E-state index contributed by atoms with van der Waals surface area (Å²) < 4.78 is 11.2. The van der Waals surface area contributed by atoms with Gasteiger partial charge in [-0.15, -0.1) is 0 Å². The Morgan fingerprint density at radius 2 is 2.06 bits per heavy atom. The van der Waals surface area contributed by atoms with Gasteiger partial charge in [-0.05, 0) is 30.2 Å². The van der Waals surface area contributed by atoms with E-state index in [9.17, 15) is 0 Å². The van der Waals surface area contributed by atoms with Gasteiger partial charge in [0.25, 0.3) is 0 Å². The third-order valence-corrected chi connectivity index (χ3v) is 2.70. The van der Waals surface area contributed by atoms with Gasteiger partial charge in [0, 0.05) is 6.54 Å². The van der Waals surface area contributed by atoms with Gasteiger partial charge >= 0.3 is 0 Å². The van der Waals surface area contributed by atoms with Crippen molar-refractivity contribution in [2.75, 3.05) is 6.54 Å². The van der Waals surface area contributed by atoms with E-state index in [0.717, 1.165) is 17.9 Å². The molecule has 1 aromatic carbocycles. The molecule has 1 atom stereocenters. The number of benzene rings is 1. The highest BCUT2D eigenvalue weighted by molar-refractivity contribution is 5.33. The summed E-state index contributed by atoms with van der Waals surface area (Å²) in [7, 11) is 0. The molecule has 0 amide bonds. The van der Waals surface area contributed by atoms with Crippen molar-refractivity contribution in [3.8, 4) is 5.75 Å². The predicted octanol–water partition coefficient (Wildman–Crippen LogP) is 2.92. The van der Waals surface area contributed by atoms with Gasteiger partial charge in [0.05, 0.1) is 6.26 Å². The maximum atomic E-state index is 5.91. The number of hydrogen-bond donors (Lipinski definition) is 1. The number of ether oxygens (including phenoxy) is 1. The van der Waals surface area contributed by atoms with E-state index >= 15 is 0 Å². The number of nitrogens with two attached hydrogens (primary N) is 1. The molecular weight excluding hydrogens is 214 g/mol. The van der Waals surface area contributed by atoms with Gasteiger partial charge in [0.1, 0.15) is 11.5 Å². The highest BCUT2D eigenvalue weighted by atomic mass is 16.5. The lowest BCUT2D eigenvalue weighted by molar-refractivity contribution is 0.182. The van der Waals surface area contributed by atoms with Gasteiger partial charge < -0.3 is 14.9 Å². The summed E-state index contributed by atoms with van der Waals surface area (Å²) in [6.45, 7) is 2.50. The number of para-hydroxylation sites is 1. The molecule has 0 bridgehead atoms. The molecule has 0 aliphatic heterocycles. The third kappa shape index (κ3) is 2.68. The molecule has 1 aromatic heterocycles. The van der Waals surface area contributed by atoms with Gasteiger partial charge in [-0.3, -0.25) is 0 Å². The van der Waals surface area contributed by atoms with Gasteiger partial charge in [0.2, 0.25) is 0 Å². The summed E-state index contributed by atoms with van der Waals surface area (Å²) in [4.78, 5) is 0. The third-order valence-electron chi connectivity index (χ3n) is 2.70. The first-order valence-corrected chi connectivity index (χ1v) is 5.83. The van der Waals surface area contributed by atoms with Crippen LogP contribution in [0.3, 0.4) is 0 Å². The molecule has 2 aromatic rings. The normalized spacial score (nSPS) is 12.4. The molecule has 0 spiro atoms. The minimum atomic E-state index is -0.224. The van der Waals surface area contributed by atoms with Crippen LogP contribution >= 0.6 is 0 Å². The van der Waals surface area contributed by atoms with Crippen LogP contribution < -0.4 is 10.5 Å². The smallest absolute Gasteiger partial charge is 0.168 e. The van der Waals surface area contributed by atoms with Gasteiger partial charge in [0.15, 0.2) is 6.10 Å². The van der Waals surface area contributed by atoms with Crippen LogP contribution in [0, 0.1) is 0 Å². The molecule has 0 radical (unpaired) electrons. The Bertz CT molecular complexity index is 451. The van der Waals surface area contributed by atoms with Crippen LogP contribution in [-0.4, -0.2) is 6.54 Å². The fourth-order valence-electron chi connectivity index (χ4n) is 1.76. The van der Waals surface area contributed by atoms with Crippen molar-refractivity contribution in [1.29, 1.82) is 0 Å². The van der Waals surface area contributed by atoms with E-state index in [1.54, 1.807) is 6.26 Å². The standard InChI is InChI=1S/C14H17NO2/c1-2-11-6-3-4-7-12(11)17-14(10-15)13-8-5-9-16-13/h3-9,14H,2,10,15H2,1H3. The molecule has 0 fully saturated rings. The van der Waals surface area contributed by atoms with E-state index in [2.05, 4.69) is 13.0 Å². The molecule has 0 saturated carbocycles. The lowest BCUT2D eigenvalue weighted by atomic mass is 10.1. The maximum absolute atomic E-state index is 5.91. The fourth-order valence-corrected chi connectivity index (χ4v) is 1.76. The summed E-state index contributed by atoms with van der Waals surface area (Å²) >= 11 is 0. The highest BCUT2D eigenvalue weighted by Gasteiger charge is 2.15. The van der Waals surface area contributed by atoms with E-state index in [1.165, 1.54) is 5.56 Å². The molecule has 2 rings (SSSR count). The first kappa shape index (κ1) is 11.7. The molecule has 2 N–H and O–H groups in total. The number of aryl methyl sites for hydroxylation is 1. The largest absolute Gasteiger partial charge is 0.481 e. The topological polar surface area (TPSA) is 48.4 Å². The zero-order chi connectivity index (χ0) is 12.1. The van der Waals surface area contributed by atoms with Crippen molar-refractivity contribution in [1.82, 2.24) is 0 Å². The van der Waals surface area contributed by atoms with Crippen molar-refractivity contribution in [3.63, 3.8) is 0 Å². The van der Waals surface area contributed by atoms with E-state index in [-0.39, 0.29) is 6.10 Å². The summed E-state index contributed by atoms with van der Waals surface area (Å²) in [6, 6.07) is 11.7. The van der Waals surface area contributed by atoms with Crippen molar-refractivity contribution in [2.45, 2.75) is 19.4 Å². The lowest BCUT2D eigenvalue weighted by Gasteiger charge is -2.17. The van der Waals surface area contributed by atoms with Crippen LogP contribution in [0.4, 0.5) is 0 Å². The molecule has 1 heterocycles. The van der Waals surface area contributed by atoms with Crippen molar-refractivity contribution < 1.29 is 9.15 Å². The van der Waals surface area contributed by atoms with Crippen LogP contribution in [-0.2, 0) is 6.42 Å². The quantitative estimate of drug-likeness (QED) is 0.860. The molecule has 0 saturated heterocycles. The fraction of sp³-hybridized carbons (Fsp3) is 0.286. The zero-order valence-corrected chi connectivity index (χ0v) is 9.93. The molecule has 17 heavy (non-hydrogen) atoms. The Hall–Kier alpha value is -1.74. The number of rotatable bonds is 5. The van der Waals surface area contributed by atoms with Crippen LogP contribution in [0.15, 0.2) is 47.1 Å². The SMILES string of the molecule is CCc1ccccc1OC(CN)c1ccco1.